The van der Waals surface area contributed by atoms with Gasteiger partial charge in [0.15, 0.2) is 5.82 Å². The molecule has 0 aliphatic rings. The highest BCUT2D eigenvalue weighted by molar-refractivity contribution is 6.31. The van der Waals surface area contributed by atoms with E-state index in [4.69, 9.17) is 11.6 Å². The van der Waals surface area contributed by atoms with Gasteiger partial charge in [0.1, 0.15) is 5.82 Å². The third-order valence-electron chi connectivity index (χ3n) is 2.29. The lowest BCUT2D eigenvalue weighted by Gasteiger charge is -2.07. The third kappa shape index (κ3) is 3.75. The van der Waals surface area contributed by atoms with Gasteiger partial charge in [0.05, 0.1) is 11.2 Å². The standard InChI is InChI=1S/C12H13ClFN5/c1-2-5-15-11-7-16-19-12(18-11)17-8-3-4-10(14)9(13)6-8/h3-4,6-7H,2,5H2,1H3,(H2,15,17,18,19). The van der Waals surface area contributed by atoms with Crippen LogP contribution in [0.25, 0.3) is 0 Å². The van der Waals surface area contributed by atoms with E-state index in [2.05, 4.69) is 32.7 Å². The number of benzene rings is 1. The van der Waals surface area contributed by atoms with Gasteiger partial charge in [-0.05, 0) is 24.6 Å². The lowest BCUT2D eigenvalue weighted by molar-refractivity contribution is 0.628. The second-order valence-electron chi connectivity index (χ2n) is 3.85. The first kappa shape index (κ1) is 13.5. The molecule has 2 aromatic rings. The number of aromatic nitrogens is 3. The zero-order valence-corrected chi connectivity index (χ0v) is 11.1. The Kier molecular flexibility index (Phi) is 4.46. The fraction of sp³-hybridized carbons (Fsp3) is 0.250. The van der Waals surface area contributed by atoms with Gasteiger partial charge in [0, 0.05) is 12.2 Å². The van der Waals surface area contributed by atoms with Gasteiger partial charge in [-0.15, -0.1) is 5.10 Å². The lowest BCUT2D eigenvalue weighted by atomic mass is 10.3. The third-order valence-corrected chi connectivity index (χ3v) is 2.58. The zero-order valence-electron chi connectivity index (χ0n) is 10.3. The van der Waals surface area contributed by atoms with Crippen molar-refractivity contribution in [1.82, 2.24) is 15.2 Å². The minimum Gasteiger partial charge on any atom is -0.369 e. The van der Waals surface area contributed by atoms with E-state index in [1.807, 2.05) is 0 Å². The highest BCUT2D eigenvalue weighted by Gasteiger charge is 2.04. The van der Waals surface area contributed by atoms with Crippen LogP contribution in [0.1, 0.15) is 13.3 Å². The minimum absolute atomic E-state index is 0.0400. The van der Waals surface area contributed by atoms with Crippen molar-refractivity contribution in [3.63, 3.8) is 0 Å². The van der Waals surface area contributed by atoms with E-state index in [0.29, 0.717) is 17.5 Å². The summed E-state index contributed by atoms with van der Waals surface area (Å²) < 4.78 is 13.0. The van der Waals surface area contributed by atoms with Gasteiger partial charge in [-0.25, -0.2) is 4.39 Å². The predicted octanol–water partition coefficient (Wildman–Crippen LogP) is 3.23. The van der Waals surface area contributed by atoms with Gasteiger partial charge < -0.3 is 10.6 Å². The van der Waals surface area contributed by atoms with Crippen LogP contribution >= 0.6 is 11.6 Å². The SMILES string of the molecule is CCCNc1cnnc(Nc2ccc(F)c(Cl)c2)n1. The maximum absolute atomic E-state index is 13.0. The topological polar surface area (TPSA) is 62.7 Å². The number of hydrogen-bond donors (Lipinski definition) is 2. The molecule has 0 atom stereocenters. The largest absolute Gasteiger partial charge is 0.369 e. The van der Waals surface area contributed by atoms with Crippen LogP contribution in [-0.2, 0) is 0 Å². The molecule has 0 unspecified atom stereocenters. The Morgan fingerprint density at radius 2 is 2.21 bits per heavy atom. The highest BCUT2D eigenvalue weighted by Crippen LogP contribution is 2.21. The lowest BCUT2D eigenvalue weighted by Crippen LogP contribution is -2.06. The summed E-state index contributed by atoms with van der Waals surface area (Å²) in [5.41, 5.74) is 0.598. The summed E-state index contributed by atoms with van der Waals surface area (Å²) in [6.07, 6.45) is 2.53. The average Bonchev–Trinajstić information content (AvgIpc) is 2.41. The maximum Gasteiger partial charge on any atom is 0.249 e. The fourth-order valence-corrected chi connectivity index (χ4v) is 1.58. The number of halogens is 2. The van der Waals surface area contributed by atoms with Crippen LogP contribution in [0, 0.1) is 5.82 Å². The Morgan fingerprint density at radius 3 is 2.95 bits per heavy atom. The molecule has 2 N–H and O–H groups in total. The van der Waals surface area contributed by atoms with Gasteiger partial charge in [-0.1, -0.05) is 18.5 Å². The molecule has 5 nitrogen and oxygen atoms in total. The summed E-state index contributed by atoms with van der Waals surface area (Å²) >= 11 is 5.70. The van der Waals surface area contributed by atoms with Crippen molar-refractivity contribution in [1.29, 1.82) is 0 Å². The summed E-state index contributed by atoms with van der Waals surface area (Å²) in [4.78, 5) is 4.22. The van der Waals surface area contributed by atoms with Crippen LogP contribution in [0.5, 0.6) is 0 Å². The first-order chi connectivity index (χ1) is 9.19. The van der Waals surface area contributed by atoms with Crippen molar-refractivity contribution >= 4 is 29.1 Å². The van der Waals surface area contributed by atoms with Crippen molar-refractivity contribution < 1.29 is 4.39 Å². The molecule has 0 bridgehead atoms. The molecule has 0 aliphatic heterocycles. The van der Waals surface area contributed by atoms with E-state index in [-0.39, 0.29) is 5.02 Å². The average molecular weight is 282 g/mol. The Balaban J connectivity index is 2.11. The van der Waals surface area contributed by atoms with E-state index < -0.39 is 5.82 Å². The predicted molar refractivity (Wildman–Crippen MR) is 73.3 cm³/mol. The van der Waals surface area contributed by atoms with Crippen molar-refractivity contribution in [2.75, 3.05) is 17.2 Å². The maximum atomic E-state index is 13.0. The summed E-state index contributed by atoms with van der Waals surface area (Å²) in [5, 5.41) is 13.7. The minimum atomic E-state index is -0.468. The molecule has 0 saturated carbocycles. The van der Waals surface area contributed by atoms with Crippen LogP contribution in [0.3, 0.4) is 0 Å². The van der Waals surface area contributed by atoms with Gasteiger partial charge >= 0.3 is 0 Å². The van der Waals surface area contributed by atoms with E-state index in [0.717, 1.165) is 13.0 Å². The van der Waals surface area contributed by atoms with Crippen LogP contribution in [0.4, 0.5) is 21.8 Å². The van der Waals surface area contributed by atoms with Crippen LogP contribution in [-0.4, -0.2) is 21.7 Å². The molecule has 1 heterocycles. The Morgan fingerprint density at radius 1 is 1.37 bits per heavy atom. The Labute approximate surface area is 115 Å². The molecular formula is C12H13ClFN5. The fourth-order valence-electron chi connectivity index (χ4n) is 1.40. The molecule has 0 saturated heterocycles. The van der Waals surface area contributed by atoms with E-state index in [1.165, 1.54) is 12.1 Å². The van der Waals surface area contributed by atoms with Crippen molar-refractivity contribution in [2.24, 2.45) is 0 Å². The van der Waals surface area contributed by atoms with E-state index in [9.17, 15) is 4.39 Å². The molecule has 100 valence electrons. The van der Waals surface area contributed by atoms with E-state index >= 15 is 0 Å². The first-order valence-corrected chi connectivity index (χ1v) is 6.22. The molecule has 0 amide bonds. The van der Waals surface area contributed by atoms with E-state index in [1.54, 1.807) is 12.3 Å². The first-order valence-electron chi connectivity index (χ1n) is 5.84. The highest BCUT2D eigenvalue weighted by atomic mass is 35.5. The molecule has 0 spiro atoms. The van der Waals surface area contributed by atoms with Gasteiger partial charge in [0.2, 0.25) is 5.95 Å². The molecule has 2 rings (SSSR count). The second kappa shape index (κ2) is 6.29. The molecule has 1 aromatic carbocycles. The van der Waals surface area contributed by atoms with Crippen LogP contribution in [0.2, 0.25) is 5.02 Å². The van der Waals surface area contributed by atoms with Crippen LogP contribution in [0.15, 0.2) is 24.4 Å². The number of nitrogens with one attached hydrogen (secondary N) is 2. The zero-order chi connectivity index (χ0) is 13.7. The quantitative estimate of drug-likeness (QED) is 0.881. The number of rotatable bonds is 5. The van der Waals surface area contributed by atoms with Gasteiger partial charge in [-0.2, -0.15) is 10.1 Å². The van der Waals surface area contributed by atoms with Crippen LogP contribution < -0.4 is 10.6 Å². The molecule has 0 aliphatic carbocycles. The number of nitrogens with zero attached hydrogens (tertiary/aromatic N) is 3. The summed E-state index contributed by atoms with van der Waals surface area (Å²) in [6.45, 7) is 2.86. The summed E-state index contributed by atoms with van der Waals surface area (Å²) in [6, 6.07) is 4.29. The molecule has 19 heavy (non-hydrogen) atoms. The normalized spacial score (nSPS) is 10.3. The van der Waals surface area contributed by atoms with Crippen molar-refractivity contribution in [3.05, 3.63) is 35.2 Å². The van der Waals surface area contributed by atoms with Crippen molar-refractivity contribution in [3.8, 4) is 0 Å². The summed E-state index contributed by atoms with van der Waals surface area (Å²) in [5.74, 6) is 0.487. The molecular weight excluding hydrogens is 269 g/mol. The molecule has 0 radical (unpaired) electrons. The molecule has 1 aromatic heterocycles. The smallest absolute Gasteiger partial charge is 0.249 e. The number of anilines is 3. The Hall–Kier alpha value is -1.95. The number of hydrogen-bond acceptors (Lipinski definition) is 5. The molecule has 7 heteroatoms. The van der Waals surface area contributed by atoms with Gasteiger partial charge in [0.25, 0.3) is 0 Å². The molecule has 0 fully saturated rings. The monoisotopic (exact) mass is 281 g/mol. The van der Waals surface area contributed by atoms with Crippen molar-refractivity contribution in [2.45, 2.75) is 13.3 Å². The van der Waals surface area contributed by atoms with Gasteiger partial charge in [-0.3, -0.25) is 0 Å². The summed E-state index contributed by atoms with van der Waals surface area (Å²) in [7, 11) is 0. The Bertz CT molecular complexity index is 564. The second-order valence-corrected chi connectivity index (χ2v) is 4.25.